The molecule has 2 atom stereocenters. The number of nitrogens with zero attached hydrogens (tertiary/aromatic N) is 1. The lowest BCUT2D eigenvalue weighted by Crippen LogP contribution is -2.34. The van der Waals surface area contributed by atoms with Crippen LogP contribution in [-0.4, -0.2) is 11.1 Å². The van der Waals surface area contributed by atoms with Crippen LogP contribution in [0.3, 0.4) is 0 Å². The molecule has 18 heavy (non-hydrogen) atoms. The van der Waals surface area contributed by atoms with Crippen molar-refractivity contribution in [2.75, 3.05) is 0 Å². The van der Waals surface area contributed by atoms with E-state index in [0.29, 0.717) is 22.2 Å². The Bertz CT molecular complexity index is 436. The third-order valence-electron chi connectivity index (χ3n) is 3.40. The van der Waals surface area contributed by atoms with Crippen molar-refractivity contribution in [2.24, 2.45) is 11.3 Å². The molecule has 0 saturated heterocycles. The second-order valence-electron chi connectivity index (χ2n) is 6.09. The Kier molecular flexibility index (Phi) is 4.22. The molecular weight excluding hydrogens is 314 g/mol. The van der Waals surface area contributed by atoms with Gasteiger partial charge in [-0.1, -0.05) is 32.4 Å². The van der Waals surface area contributed by atoms with Crippen LogP contribution in [-0.2, 0) is 0 Å². The number of aromatic nitrogens is 1. The molecule has 0 aromatic carbocycles. The molecule has 1 aromatic heterocycles. The van der Waals surface area contributed by atoms with Crippen LogP contribution in [0, 0.1) is 11.3 Å². The van der Waals surface area contributed by atoms with Gasteiger partial charge in [-0.15, -0.1) is 0 Å². The zero-order valence-electron chi connectivity index (χ0n) is 11.0. The average molecular weight is 333 g/mol. The summed E-state index contributed by atoms with van der Waals surface area (Å²) >= 11 is 9.49. The molecule has 1 saturated carbocycles. The van der Waals surface area contributed by atoms with Crippen molar-refractivity contribution in [3.8, 4) is 5.88 Å². The average Bonchev–Trinajstić information content (AvgIpc) is 2.19. The van der Waals surface area contributed by atoms with Crippen LogP contribution < -0.4 is 4.74 Å². The molecule has 0 spiro atoms. The van der Waals surface area contributed by atoms with Crippen LogP contribution in [0.1, 0.15) is 40.0 Å². The number of hydrogen-bond donors (Lipinski definition) is 0. The summed E-state index contributed by atoms with van der Waals surface area (Å²) in [6.45, 7) is 6.89. The van der Waals surface area contributed by atoms with Crippen LogP contribution >= 0.6 is 27.5 Å². The van der Waals surface area contributed by atoms with Crippen molar-refractivity contribution in [3.63, 3.8) is 0 Å². The fraction of sp³-hybridized carbons (Fsp3) is 0.643. The number of halogens is 2. The van der Waals surface area contributed by atoms with Gasteiger partial charge in [0.15, 0.2) is 0 Å². The number of pyridine rings is 1. The highest BCUT2D eigenvalue weighted by atomic mass is 79.9. The van der Waals surface area contributed by atoms with E-state index >= 15 is 0 Å². The molecule has 0 radical (unpaired) electrons. The van der Waals surface area contributed by atoms with E-state index in [2.05, 4.69) is 41.7 Å². The largest absolute Gasteiger partial charge is 0.473 e. The molecule has 1 fully saturated rings. The molecule has 0 aliphatic heterocycles. The van der Waals surface area contributed by atoms with Crippen LogP contribution in [0.4, 0.5) is 0 Å². The maximum Gasteiger partial charge on any atom is 0.232 e. The smallest absolute Gasteiger partial charge is 0.232 e. The van der Waals surface area contributed by atoms with Gasteiger partial charge in [0.2, 0.25) is 5.88 Å². The summed E-state index contributed by atoms with van der Waals surface area (Å²) in [4.78, 5) is 4.24. The monoisotopic (exact) mass is 331 g/mol. The lowest BCUT2D eigenvalue weighted by atomic mass is 9.71. The van der Waals surface area contributed by atoms with Crippen LogP contribution in [0.15, 0.2) is 16.7 Å². The molecule has 1 aromatic rings. The van der Waals surface area contributed by atoms with Crippen molar-refractivity contribution in [2.45, 2.75) is 46.1 Å². The van der Waals surface area contributed by atoms with Gasteiger partial charge >= 0.3 is 0 Å². The van der Waals surface area contributed by atoms with Crippen molar-refractivity contribution < 1.29 is 4.74 Å². The van der Waals surface area contributed by atoms with Crippen molar-refractivity contribution in [1.82, 2.24) is 4.98 Å². The molecule has 4 heteroatoms. The van der Waals surface area contributed by atoms with Gasteiger partial charge in [-0.25, -0.2) is 4.98 Å². The van der Waals surface area contributed by atoms with E-state index < -0.39 is 0 Å². The molecule has 0 bridgehead atoms. The SMILES string of the molecule is CC1CC(Oc2ncc(Br)cc2Cl)CC(C)(C)C1. The minimum Gasteiger partial charge on any atom is -0.473 e. The summed E-state index contributed by atoms with van der Waals surface area (Å²) in [6.07, 6.45) is 5.34. The summed E-state index contributed by atoms with van der Waals surface area (Å²) in [5.74, 6) is 1.24. The topological polar surface area (TPSA) is 22.1 Å². The second-order valence-corrected chi connectivity index (χ2v) is 7.42. The Hall–Kier alpha value is -0.280. The molecular formula is C14H19BrClNO. The van der Waals surface area contributed by atoms with Gasteiger partial charge in [-0.3, -0.25) is 0 Å². The standard InChI is InChI=1S/C14H19BrClNO/c1-9-4-11(7-14(2,3)6-9)18-13-12(16)5-10(15)8-17-13/h5,8-9,11H,4,6-7H2,1-3H3. The highest BCUT2D eigenvalue weighted by Gasteiger charge is 2.33. The normalized spacial score (nSPS) is 26.9. The molecule has 1 heterocycles. The lowest BCUT2D eigenvalue weighted by molar-refractivity contribution is 0.0533. The fourth-order valence-corrected chi connectivity index (χ4v) is 3.67. The molecule has 2 rings (SSSR count). The number of rotatable bonds is 2. The van der Waals surface area contributed by atoms with Crippen LogP contribution in [0.25, 0.3) is 0 Å². The third kappa shape index (κ3) is 3.61. The first-order valence-electron chi connectivity index (χ1n) is 6.33. The first-order chi connectivity index (χ1) is 8.35. The van der Waals surface area contributed by atoms with E-state index in [1.807, 2.05) is 6.07 Å². The Morgan fingerprint density at radius 2 is 2.17 bits per heavy atom. The molecule has 0 N–H and O–H groups in total. The van der Waals surface area contributed by atoms with E-state index in [1.54, 1.807) is 6.20 Å². The zero-order chi connectivity index (χ0) is 13.3. The summed E-state index contributed by atoms with van der Waals surface area (Å²) in [5, 5.41) is 0.570. The molecule has 0 amide bonds. The van der Waals surface area contributed by atoms with E-state index in [4.69, 9.17) is 16.3 Å². The van der Waals surface area contributed by atoms with E-state index in [1.165, 1.54) is 6.42 Å². The predicted octanol–water partition coefficient (Wildman–Crippen LogP) is 5.09. The van der Waals surface area contributed by atoms with Crippen molar-refractivity contribution in [3.05, 3.63) is 21.8 Å². The summed E-state index contributed by atoms with van der Waals surface area (Å²) < 4.78 is 6.86. The second kappa shape index (κ2) is 5.38. The Morgan fingerprint density at radius 1 is 1.44 bits per heavy atom. The van der Waals surface area contributed by atoms with Gasteiger partial charge in [0.05, 0.1) is 0 Å². The fourth-order valence-electron chi connectivity index (χ4n) is 2.99. The van der Waals surface area contributed by atoms with Crippen LogP contribution in [0.5, 0.6) is 5.88 Å². The Morgan fingerprint density at radius 3 is 2.78 bits per heavy atom. The first-order valence-corrected chi connectivity index (χ1v) is 7.50. The van der Waals surface area contributed by atoms with Gasteiger partial charge < -0.3 is 4.74 Å². The summed E-state index contributed by atoms with van der Waals surface area (Å²) in [5.41, 5.74) is 0.337. The van der Waals surface area contributed by atoms with Gasteiger partial charge in [0.1, 0.15) is 11.1 Å². The maximum atomic E-state index is 6.14. The highest BCUT2D eigenvalue weighted by Crippen LogP contribution is 2.40. The minimum atomic E-state index is 0.218. The molecule has 2 nitrogen and oxygen atoms in total. The molecule has 100 valence electrons. The Labute approximate surface area is 122 Å². The predicted molar refractivity (Wildman–Crippen MR) is 78.2 cm³/mol. The van der Waals surface area contributed by atoms with E-state index in [9.17, 15) is 0 Å². The van der Waals surface area contributed by atoms with Gasteiger partial charge in [-0.05, 0) is 52.6 Å². The summed E-state index contributed by atoms with van der Waals surface area (Å²) in [6, 6.07) is 1.82. The van der Waals surface area contributed by atoms with Gasteiger partial charge in [-0.2, -0.15) is 0 Å². The molecule has 2 unspecified atom stereocenters. The first kappa shape index (κ1) is 14.1. The van der Waals surface area contributed by atoms with E-state index in [-0.39, 0.29) is 6.10 Å². The summed E-state index contributed by atoms with van der Waals surface area (Å²) in [7, 11) is 0. The minimum absolute atomic E-state index is 0.218. The van der Waals surface area contributed by atoms with Gasteiger partial charge in [0, 0.05) is 10.7 Å². The number of hydrogen-bond acceptors (Lipinski definition) is 2. The molecule has 1 aliphatic rings. The zero-order valence-corrected chi connectivity index (χ0v) is 13.4. The molecule has 1 aliphatic carbocycles. The third-order valence-corrected chi connectivity index (χ3v) is 4.10. The highest BCUT2D eigenvalue weighted by molar-refractivity contribution is 9.10. The quantitative estimate of drug-likeness (QED) is 0.752. The van der Waals surface area contributed by atoms with Gasteiger partial charge in [0.25, 0.3) is 0 Å². The van der Waals surface area contributed by atoms with Crippen molar-refractivity contribution >= 4 is 27.5 Å². The van der Waals surface area contributed by atoms with Crippen LogP contribution in [0.2, 0.25) is 5.02 Å². The Balaban J connectivity index is 2.09. The number of ether oxygens (including phenoxy) is 1. The lowest BCUT2D eigenvalue weighted by Gasteiger charge is -2.38. The van der Waals surface area contributed by atoms with E-state index in [0.717, 1.165) is 17.3 Å². The van der Waals surface area contributed by atoms with Crippen molar-refractivity contribution in [1.29, 1.82) is 0 Å². The maximum absolute atomic E-state index is 6.14.